The van der Waals surface area contributed by atoms with Gasteiger partial charge in [0.15, 0.2) is 4.90 Å². The Morgan fingerprint density at radius 3 is 2.53 bits per heavy atom. The molecule has 7 nitrogen and oxygen atoms in total. The molecular weight excluding hydrogens is 272 g/mol. The second-order valence-electron chi connectivity index (χ2n) is 4.63. The van der Waals surface area contributed by atoms with E-state index < -0.39 is 26.2 Å². The van der Waals surface area contributed by atoms with Crippen LogP contribution in [0.5, 0.6) is 0 Å². The van der Waals surface area contributed by atoms with Gasteiger partial charge in [0.25, 0.3) is 5.69 Å². The van der Waals surface area contributed by atoms with Crippen LogP contribution in [0.15, 0.2) is 29.2 Å². The molecule has 1 aliphatic rings. The van der Waals surface area contributed by atoms with Crippen molar-refractivity contribution in [2.75, 3.05) is 6.54 Å². The van der Waals surface area contributed by atoms with E-state index in [0.717, 1.165) is 12.5 Å². The summed E-state index contributed by atoms with van der Waals surface area (Å²) in [6.07, 6.45) is 1.92. The van der Waals surface area contributed by atoms with Crippen LogP contribution in [-0.4, -0.2) is 30.6 Å². The lowest BCUT2D eigenvalue weighted by Gasteiger charge is -2.36. The average Bonchev–Trinajstić information content (AvgIpc) is 2.34. The minimum absolute atomic E-state index is 0.124. The first kappa shape index (κ1) is 13.9. The van der Waals surface area contributed by atoms with Crippen LogP contribution in [-0.2, 0) is 10.0 Å². The average molecular weight is 286 g/mol. The molecule has 104 valence electrons. The van der Waals surface area contributed by atoms with Crippen molar-refractivity contribution in [3.05, 3.63) is 34.4 Å². The summed E-state index contributed by atoms with van der Waals surface area (Å²) in [6, 6.07) is 5.12. The van der Waals surface area contributed by atoms with Gasteiger partial charge in [0.05, 0.1) is 10.5 Å². The zero-order valence-electron chi connectivity index (χ0n) is 10.1. The molecule has 0 bridgehead atoms. The number of hydrogen-bond acceptors (Lipinski definition) is 5. The third-order valence-electron chi connectivity index (χ3n) is 3.23. The molecule has 0 heterocycles. The van der Waals surface area contributed by atoms with E-state index in [1.165, 1.54) is 18.2 Å². The maximum absolute atomic E-state index is 12.0. The van der Waals surface area contributed by atoms with Gasteiger partial charge in [-0.15, -0.1) is 0 Å². The largest absolute Gasteiger partial charge is 0.389 e. The van der Waals surface area contributed by atoms with Crippen molar-refractivity contribution < 1.29 is 18.4 Å². The van der Waals surface area contributed by atoms with Crippen LogP contribution in [0, 0.1) is 10.1 Å². The van der Waals surface area contributed by atoms with Gasteiger partial charge >= 0.3 is 0 Å². The standard InChI is InChI=1S/C11H14N2O5S/c14-11(6-3-7-11)8-12-19(17,18)10-5-2-1-4-9(10)13(15)16/h1-2,4-5,12,14H,3,6-8H2. The highest BCUT2D eigenvalue weighted by molar-refractivity contribution is 7.89. The Morgan fingerprint density at radius 2 is 2.00 bits per heavy atom. The van der Waals surface area contributed by atoms with E-state index >= 15 is 0 Å². The van der Waals surface area contributed by atoms with Crippen LogP contribution in [0.25, 0.3) is 0 Å². The molecule has 0 amide bonds. The lowest BCUT2D eigenvalue weighted by atomic mass is 9.81. The summed E-state index contributed by atoms with van der Waals surface area (Å²) >= 11 is 0. The van der Waals surface area contributed by atoms with Gasteiger partial charge in [-0.05, 0) is 25.3 Å². The maximum Gasteiger partial charge on any atom is 0.289 e. The smallest absolute Gasteiger partial charge is 0.289 e. The normalized spacial score (nSPS) is 17.7. The lowest BCUT2D eigenvalue weighted by Crippen LogP contribution is -2.47. The predicted octanol–water partition coefficient (Wildman–Crippen LogP) is 0.788. The minimum atomic E-state index is -4.00. The Balaban J connectivity index is 2.22. The number of para-hydroxylation sites is 1. The summed E-state index contributed by atoms with van der Waals surface area (Å²) in [5.41, 5.74) is -1.49. The van der Waals surface area contributed by atoms with Gasteiger partial charge in [-0.25, -0.2) is 13.1 Å². The van der Waals surface area contributed by atoms with Crippen LogP contribution in [0.4, 0.5) is 5.69 Å². The van der Waals surface area contributed by atoms with Gasteiger partial charge < -0.3 is 5.11 Å². The number of nitrogens with zero attached hydrogens (tertiary/aromatic N) is 1. The first-order valence-electron chi connectivity index (χ1n) is 5.80. The Morgan fingerprint density at radius 1 is 1.37 bits per heavy atom. The van der Waals surface area contributed by atoms with E-state index in [0.29, 0.717) is 12.8 Å². The molecule has 2 rings (SSSR count). The monoisotopic (exact) mass is 286 g/mol. The fraction of sp³-hybridized carbons (Fsp3) is 0.455. The molecule has 0 unspecified atom stereocenters. The molecule has 1 aromatic rings. The van der Waals surface area contributed by atoms with E-state index in [9.17, 15) is 23.6 Å². The van der Waals surface area contributed by atoms with Gasteiger partial charge in [-0.1, -0.05) is 12.1 Å². The second-order valence-corrected chi connectivity index (χ2v) is 6.36. The predicted molar refractivity (Wildman–Crippen MR) is 67.1 cm³/mol. The maximum atomic E-state index is 12.0. The highest BCUT2D eigenvalue weighted by atomic mass is 32.2. The third-order valence-corrected chi connectivity index (χ3v) is 4.68. The number of rotatable bonds is 5. The van der Waals surface area contributed by atoms with Crippen LogP contribution in [0.2, 0.25) is 0 Å². The SMILES string of the molecule is O=[N+]([O-])c1ccccc1S(=O)(=O)NCC1(O)CCC1. The van der Waals surface area contributed by atoms with Gasteiger partial charge in [-0.3, -0.25) is 10.1 Å². The number of hydrogen-bond donors (Lipinski definition) is 2. The van der Waals surface area contributed by atoms with Crippen molar-refractivity contribution in [3.63, 3.8) is 0 Å². The molecule has 0 radical (unpaired) electrons. The number of nitro benzene ring substituents is 1. The Labute approximate surface area is 110 Å². The van der Waals surface area contributed by atoms with E-state index in [-0.39, 0.29) is 11.4 Å². The van der Waals surface area contributed by atoms with Crippen LogP contribution < -0.4 is 4.72 Å². The van der Waals surface area contributed by atoms with Crippen molar-refractivity contribution in [2.24, 2.45) is 0 Å². The molecule has 1 aliphatic carbocycles. The zero-order chi connectivity index (χ0) is 14.1. The fourth-order valence-corrected chi connectivity index (χ4v) is 3.19. The summed E-state index contributed by atoms with van der Waals surface area (Å²) in [5.74, 6) is 0. The number of nitro groups is 1. The molecular formula is C11H14N2O5S. The minimum Gasteiger partial charge on any atom is -0.389 e. The summed E-state index contributed by atoms with van der Waals surface area (Å²) < 4.78 is 26.3. The highest BCUT2D eigenvalue weighted by Gasteiger charge is 2.36. The zero-order valence-corrected chi connectivity index (χ0v) is 10.9. The van der Waals surface area contributed by atoms with Crippen molar-refractivity contribution in [3.8, 4) is 0 Å². The first-order valence-corrected chi connectivity index (χ1v) is 7.28. The molecule has 19 heavy (non-hydrogen) atoms. The third kappa shape index (κ3) is 2.91. The van der Waals surface area contributed by atoms with Crippen molar-refractivity contribution in [1.82, 2.24) is 4.72 Å². The topological polar surface area (TPSA) is 110 Å². The molecule has 1 fully saturated rings. The van der Waals surface area contributed by atoms with E-state index in [4.69, 9.17) is 0 Å². The van der Waals surface area contributed by atoms with Gasteiger partial charge in [0.1, 0.15) is 0 Å². The highest BCUT2D eigenvalue weighted by Crippen LogP contribution is 2.31. The lowest BCUT2D eigenvalue weighted by molar-refractivity contribution is -0.387. The van der Waals surface area contributed by atoms with Gasteiger partial charge in [-0.2, -0.15) is 0 Å². The van der Waals surface area contributed by atoms with Crippen molar-refractivity contribution >= 4 is 15.7 Å². The molecule has 0 saturated heterocycles. The number of aliphatic hydroxyl groups is 1. The fourth-order valence-electron chi connectivity index (χ4n) is 1.90. The molecule has 1 aromatic carbocycles. The van der Waals surface area contributed by atoms with Gasteiger partial charge in [0.2, 0.25) is 10.0 Å². The van der Waals surface area contributed by atoms with Crippen molar-refractivity contribution in [2.45, 2.75) is 29.8 Å². The number of benzene rings is 1. The number of nitrogens with one attached hydrogen (secondary N) is 1. The second kappa shape index (κ2) is 4.87. The number of sulfonamides is 1. The van der Waals surface area contributed by atoms with Crippen LogP contribution in [0.1, 0.15) is 19.3 Å². The Kier molecular flexibility index (Phi) is 3.57. The quantitative estimate of drug-likeness (QED) is 0.614. The Hall–Kier alpha value is -1.51. The molecule has 0 aliphatic heterocycles. The van der Waals surface area contributed by atoms with Crippen molar-refractivity contribution in [1.29, 1.82) is 0 Å². The summed E-state index contributed by atoms with van der Waals surface area (Å²) in [6.45, 7) is -0.124. The van der Waals surface area contributed by atoms with E-state index in [1.807, 2.05) is 0 Å². The molecule has 1 saturated carbocycles. The van der Waals surface area contributed by atoms with E-state index in [1.54, 1.807) is 0 Å². The van der Waals surface area contributed by atoms with E-state index in [2.05, 4.69) is 4.72 Å². The first-order chi connectivity index (χ1) is 8.84. The molecule has 2 N–H and O–H groups in total. The summed E-state index contributed by atoms with van der Waals surface area (Å²) in [5, 5.41) is 20.6. The summed E-state index contributed by atoms with van der Waals surface area (Å²) in [4.78, 5) is 9.67. The summed E-state index contributed by atoms with van der Waals surface area (Å²) in [7, 11) is -4.00. The Bertz CT molecular complexity index is 595. The molecule has 0 spiro atoms. The molecule has 8 heteroatoms. The van der Waals surface area contributed by atoms with Gasteiger partial charge in [0, 0.05) is 12.6 Å². The van der Waals surface area contributed by atoms with Crippen LogP contribution in [0.3, 0.4) is 0 Å². The molecule has 0 atom stereocenters. The van der Waals surface area contributed by atoms with Crippen LogP contribution >= 0.6 is 0 Å². The molecule has 0 aromatic heterocycles.